The van der Waals surface area contributed by atoms with Gasteiger partial charge in [-0.1, -0.05) is 30.3 Å². The molecule has 2 heterocycles. The summed E-state index contributed by atoms with van der Waals surface area (Å²) in [5.74, 6) is 0. The van der Waals surface area contributed by atoms with Gasteiger partial charge in [0.15, 0.2) is 0 Å². The SMILES string of the molecule is CC(OC(=O)N1CCc2nc[nH]c2C1)c1ccccc1. The van der Waals surface area contributed by atoms with E-state index >= 15 is 0 Å². The van der Waals surface area contributed by atoms with Gasteiger partial charge in [0.1, 0.15) is 6.10 Å². The van der Waals surface area contributed by atoms with Gasteiger partial charge in [-0.25, -0.2) is 9.78 Å². The zero-order valence-corrected chi connectivity index (χ0v) is 11.4. The first-order valence-corrected chi connectivity index (χ1v) is 6.75. The van der Waals surface area contributed by atoms with Crippen LogP contribution in [0.2, 0.25) is 0 Å². The van der Waals surface area contributed by atoms with Gasteiger partial charge in [0, 0.05) is 13.0 Å². The first-order chi connectivity index (χ1) is 9.74. The number of rotatable bonds is 2. The van der Waals surface area contributed by atoms with Crippen molar-refractivity contribution in [3.63, 3.8) is 0 Å². The molecule has 1 N–H and O–H groups in total. The molecule has 1 atom stereocenters. The van der Waals surface area contributed by atoms with Crippen LogP contribution in [0, 0.1) is 0 Å². The van der Waals surface area contributed by atoms with E-state index in [0.29, 0.717) is 13.1 Å². The van der Waals surface area contributed by atoms with E-state index in [1.54, 1.807) is 11.2 Å². The number of imidazole rings is 1. The molecule has 5 nitrogen and oxygen atoms in total. The van der Waals surface area contributed by atoms with Crippen molar-refractivity contribution in [3.05, 3.63) is 53.6 Å². The lowest BCUT2D eigenvalue weighted by Crippen LogP contribution is -2.36. The molecule has 0 saturated heterocycles. The molecule has 0 saturated carbocycles. The Kier molecular flexibility index (Phi) is 3.41. The van der Waals surface area contributed by atoms with Gasteiger partial charge in [0.05, 0.1) is 24.3 Å². The molecule has 0 radical (unpaired) electrons. The van der Waals surface area contributed by atoms with E-state index in [9.17, 15) is 4.79 Å². The molecule has 1 aliphatic heterocycles. The minimum atomic E-state index is -0.276. The average Bonchev–Trinajstić information content (AvgIpc) is 2.95. The van der Waals surface area contributed by atoms with Crippen LogP contribution in [-0.4, -0.2) is 27.5 Å². The molecular formula is C15H17N3O2. The molecule has 1 aliphatic rings. The maximum atomic E-state index is 12.2. The number of aromatic amines is 1. The highest BCUT2D eigenvalue weighted by molar-refractivity contribution is 5.68. The van der Waals surface area contributed by atoms with Crippen LogP contribution in [0.3, 0.4) is 0 Å². The summed E-state index contributed by atoms with van der Waals surface area (Å²) in [5.41, 5.74) is 3.05. The number of carbonyl (C=O) groups excluding carboxylic acids is 1. The number of hydrogen-bond donors (Lipinski definition) is 1. The Morgan fingerprint density at radius 3 is 3.00 bits per heavy atom. The van der Waals surface area contributed by atoms with Gasteiger partial charge < -0.3 is 14.6 Å². The van der Waals surface area contributed by atoms with Crippen LogP contribution in [0.15, 0.2) is 36.7 Å². The van der Waals surface area contributed by atoms with Crippen LogP contribution >= 0.6 is 0 Å². The fourth-order valence-corrected chi connectivity index (χ4v) is 2.39. The van der Waals surface area contributed by atoms with Crippen LogP contribution in [0.4, 0.5) is 4.79 Å². The number of H-pyrrole nitrogens is 1. The highest BCUT2D eigenvalue weighted by atomic mass is 16.6. The first kappa shape index (κ1) is 12.7. The fourth-order valence-electron chi connectivity index (χ4n) is 2.39. The molecule has 0 spiro atoms. The van der Waals surface area contributed by atoms with Gasteiger partial charge in [0.25, 0.3) is 0 Å². The van der Waals surface area contributed by atoms with Crippen LogP contribution in [0.25, 0.3) is 0 Å². The van der Waals surface area contributed by atoms with Crippen molar-refractivity contribution in [1.82, 2.24) is 14.9 Å². The molecule has 3 rings (SSSR count). The summed E-state index contributed by atoms with van der Waals surface area (Å²) in [6.45, 7) is 3.08. The molecule has 20 heavy (non-hydrogen) atoms. The lowest BCUT2D eigenvalue weighted by atomic mass is 10.1. The molecule has 1 amide bonds. The van der Waals surface area contributed by atoms with Crippen LogP contribution in [0.5, 0.6) is 0 Å². The van der Waals surface area contributed by atoms with Gasteiger partial charge in [0.2, 0.25) is 0 Å². The highest BCUT2D eigenvalue weighted by Crippen LogP contribution is 2.20. The summed E-state index contributed by atoms with van der Waals surface area (Å²) in [6, 6.07) is 9.75. The van der Waals surface area contributed by atoms with Gasteiger partial charge in [-0.3, -0.25) is 0 Å². The number of nitrogens with zero attached hydrogens (tertiary/aromatic N) is 2. The number of ether oxygens (including phenoxy) is 1. The normalized spacial score (nSPS) is 15.6. The molecule has 0 bridgehead atoms. The molecule has 104 valence electrons. The first-order valence-electron chi connectivity index (χ1n) is 6.75. The second-order valence-electron chi connectivity index (χ2n) is 4.94. The maximum Gasteiger partial charge on any atom is 0.410 e. The van der Waals surface area contributed by atoms with E-state index in [4.69, 9.17) is 4.74 Å². The van der Waals surface area contributed by atoms with E-state index in [2.05, 4.69) is 9.97 Å². The summed E-state index contributed by atoms with van der Waals surface area (Å²) in [7, 11) is 0. The molecule has 1 aromatic heterocycles. The molecule has 5 heteroatoms. The molecule has 1 aromatic carbocycles. The number of aromatic nitrogens is 2. The van der Waals surface area contributed by atoms with Crippen molar-refractivity contribution in [3.8, 4) is 0 Å². The predicted octanol–water partition coefficient (Wildman–Crippen LogP) is 2.67. The summed E-state index contributed by atoms with van der Waals surface area (Å²) < 4.78 is 5.52. The quantitative estimate of drug-likeness (QED) is 0.913. The summed E-state index contributed by atoms with van der Waals surface area (Å²) in [4.78, 5) is 21.2. The number of amides is 1. The van der Waals surface area contributed by atoms with Crippen molar-refractivity contribution in [2.75, 3.05) is 6.54 Å². The highest BCUT2D eigenvalue weighted by Gasteiger charge is 2.24. The van der Waals surface area contributed by atoms with Crippen molar-refractivity contribution < 1.29 is 9.53 Å². The smallest absolute Gasteiger partial charge is 0.410 e. The Hall–Kier alpha value is -2.30. The van der Waals surface area contributed by atoms with E-state index in [-0.39, 0.29) is 12.2 Å². The molecule has 0 fully saturated rings. The van der Waals surface area contributed by atoms with Gasteiger partial charge >= 0.3 is 6.09 Å². The van der Waals surface area contributed by atoms with E-state index in [1.165, 1.54) is 0 Å². The van der Waals surface area contributed by atoms with Crippen LogP contribution in [-0.2, 0) is 17.7 Å². The third-order valence-electron chi connectivity index (χ3n) is 3.58. The van der Waals surface area contributed by atoms with E-state index in [1.807, 2.05) is 37.3 Å². The zero-order valence-electron chi connectivity index (χ0n) is 11.4. The summed E-state index contributed by atoms with van der Waals surface area (Å²) in [5, 5.41) is 0. The van der Waals surface area contributed by atoms with E-state index in [0.717, 1.165) is 23.4 Å². The Labute approximate surface area is 117 Å². The Morgan fingerprint density at radius 1 is 1.40 bits per heavy atom. The van der Waals surface area contributed by atoms with Crippen LogP contribution < -0.4 is 0 Å². The number of carbonyl (C=O) groups is 1. The Bertz CT molecular complexity index is 594. The topological polar surface area (TPSA) is 58.2 Å². The second-order valence-corrected chi connectivity index (χ2v) is 4.94. The lowest BCUT2D eigenvalue weighted by molar-refractivity contribution is 0.0655. The molecule has 0 aliphatic carbocycles. The minimum absolute atomic E-state index is 0.244. The Balaban J connectivity index is 1.63. The van der Waals surface area contributed by atoms with E-state index < -0.39 is 0 Å². The third-order valence-corrected chi connectivity index (χ3v) is 3.58. The van der Waals surface area contributed by atoms with Crippen LogP contribution in [0.1, 0.15) is 30.0 Å². The van der Waals surface area contributed by atoms with Gasteiger partial charge in [-0.05, 0) is 12.5 Å². The largest absolute Gasteiger partial charge is 0.442 e. The minimum Gasteiger partial charge on any atom is -0.442 e. The third kappa shape index (κ3) is 2.52. The monoisotopic (exact) mass is 271 g/mol. The number of benzene rings is 1. The number of fused-ring (bicyclic) bond motifs is 1. The molecule has 2 aromatic rings. The van der Waals surface area contributed by atoms with Gasteiger partial charge in [-0.15, -0.1) is 0 Å². The van der Waals surface area contributed by atoms with Crippen molar-refractivity contribution in [2.45, 2.75) is 26.0 Å². The average molecular weight is 271 g/mol. The lowest BCUT2D eigenvalue weighted by Gasteiger charge is -2.27. The number of hydrogen-bond acceptors (Lipinski definition) is 3. The fraction of sp³-hybridized carbons (Fsp3) is 0.333. The predicted molar refractivity (Wildman–Crippen MR) is 74.0 cm³/mol. The standard InChI is InChI=1S/C15H17N3O2/c1-11(12-5-3-2-4-6-12)20-15(19)18-8-7-13-14(9-18)17-10-16-13/h2-6,10-11H,7-9H2,1H3,(H,16,17). The van der Waals surface area contributed by atoms with Gasteiger partial charge in [-0.2, -0.15) is 0 Å². The van der Waals surface area contributed by atoms with Crippen molar-refractivity contribution in [1.29, 1.82) is 0 Å². The second kappa shape index (κ2) is 5.36. The summed E-state index contributed by atoms with van der Waals surface area (Å²) in [6.07, 6.45) is 1.92. The number of nitrogens with one attached hydrogen (secondary N) is 1. The molecular weight excluding hydrogens is 254 g/mol. The summed E-state index contributed by atoms with van der Waals surface area (Å²) >= 11 is 0. The Morgan fingerprint density at radius 2 is 2.20 bits per heavy atom. The maximum absolute atomic E-state index is 12.2. The van der Waals surface area contributed by atoms with Crippen molar-refractivity contribution >= 4 is 6.09 Å². The van der Waals surface area contributed by atoms with Crippen molar-refractivity contribution in [2.24, 2.45) is 0 Å². The zero-order chi connectivity index (χ0) is 13.9. The molecule has 1 unspecified atom stereocenters.